The predicted octanol–water partition coefficient (Wildman–Crippen LogP) is 2.77. The first-order valence-electron chi connectivity index (χ1n) is 6.08. The fraction of sp³-hybridized carbons (Fsp3) is 0.133. The normalized spacial score (nSPS) is 10.3. The van der Waals surface area contributed by atoms with Crippen LogP contribution >= 0.6 is 11.6 Å². The summed E-state index contributed by atoms with van der Waals surface area (Å²) in [7, 11) is 0. The highest BCUT2D eigenvalue weighted by Gasteiger charge is 2.14. The number of nitrogens with two attached hydrogens (primary N) is 1. The van der Waals surface area contributed by atoms with Crippen LogP contribution in [0.5, 0.6) is 11.5 Å². The zero-order valence-electron chi connectivity index (χ0n) is 10.7. The highest BCUT2D eigenvalue weighted by atomic mass is 35.5. The van der Waals surface area contributed by atoms with Gasteiger partial charge in [0, 0.05) is 6.61 Å². The third kappa shape index (κ3) is 3.29. The van der Waals surface area contributed by atoms with Gasteiger partial charge in [0.25, 0.3) is 5.91 Å². The molecule has 0 spiro atoms. The summed E-state index contributed by atoms with van der Waals surface area (Å²) in [6, 6.07) is 12.1. The number of rotatable bonds is 5. The average molecular weight is 292 g/mol. The summed E-state index contributed by atoms with van der Waals surface area (Å²) in [4.78, 5) is 11.4. The molecule has 2 aromatic rings. The van der Waals surface area contributed by atoms with Crippen LogP contribution in [0.3, 0.4) is 0 Å². The second kappa shape index (κ2) is 6.41. The maximum absolute atomic E-state index is 11.4. The first-order valence-corrected chi connectivity index (χ1v) is 6.45. The van der Waals surface area contributed by atoms with Crippen LogP contribution in [0.1, 0.15) is 15.9 Å². The minimum absolute atomic E-state index is 0.0975. The lowest BCUT2D eigenvalue weighted by Crippen LogP contribution is -2.12. The number of halogens is 1. The van der Waals surface area contributed by atoms with Gasteiger partial charge in [-0.1, -0.05) is 29.8 Å². The highest BCUT2D eigenvalue weighted by molar-refractivity contribution is 6.34. The van der Waals surface area contributed by atoms with Crippen molar-refractivity contribution in [1.82, 2.24) is 0 Å². The van der Waals surface area contributed by atoms with Crippen molar-refractivity contribution in [2.24, 2.45) is 5.73 Å². The SMILES string of the molecule is NC(=O)c1c(Cl)cccc1Oc1ccc(CCO)cc1. The zero-order chi connectivity index (χ0) is 14.5. The van der Waals surface area contributed by atoms with Gasteiger partial charge in [-0.15, -0.1) is 0 Å². The molecule has 0 saturated heterocycles. The fourth-order valence-electron chi connectivity index (χ4n) is 1.81. The molecule has 0 saturated carbocycles. The molecule has 0 aliphatic rings. The standard InChI is InChI=1S/C15H14ClNO3/c16-12-2-1-3-13(14(12)15(17)19)20-11-6-4-10(5-7-11)8-9-18/h1-7,18H,8-9H2,(H2,17,19). The Morgan fingerprint density at radius 1 is 1.20 bits per heavy atom. The molecule has 20 heavy (non-hydrogen) atoms. The Hall–Kier alpha value is -2.04. The van der Waals surface area contributed by atoms with Gasteiger partial charge in [0.15, 0.2) is 0 Å². The Morgan fingerprint density at radius 3 is 2.50 bits per heavy atom. The molecule has 0 aliphatic heterocycles. The van der Waals surface area contributed by atoms with E-state index in [0.29, 0.717) is 17.9 Å². The van der Waals surface area contributed by atoms with Gasteiger partial charge >= 0.3 is 0 Å². The van der Waals surface area contributed by atoms with Crippen molar-refractivity contribution >= 4 is 17.5 Å². The van der Waals surface area contributed by atoms with Crippen LogP contribution in [0.25, 0.3) is 0 Å². The number of carbonyl (C=O) groups is 1. The molecule has 0 aliphatic carbocycles. The first kappa shape index (κ1) is 14.4. The number of amides is 1. The highest BCUT2D eigenvalue weighted by Crippen LogP contribution is 2.30. The molecule has 0 bridgehead atoms. The first-order chi connectivity index (χ1) is 9.61. The third-order valence-electron chi connectivity index (χ3n) is 2.77. The topological polar surface area (TPSA) is 72.6 Å². The lowest BCUT2D eigenvalue weighted by Gasteiger charge is -2.10. The molecule has 2 rings (SSSR count). The lowest BCUT2D eigenvalue weighted by atomic mass is 10.1. The van der Waals surface area contributed by atoms with Gasteiger partial charge in [0.05, 0.1) is 5.02 Å². The Labute approximate surface area is 121 Å². The quantitative estimate of drug-likeness (QED) is 0.889. The second-order valence-electron chi connectivity index (χ2n) is 4.20. The maximum Gasteiger partial charge on any atom is 0.254 e. The monoisotopic (exact) mass is 291 g/mol. The molecule has 0 unspecified atom stereocenters. The number of benzene rings is 2. The summed E-state index contributed by atoms with van der Waals surface area (Å²) < 4.78 is 5.64. The Balaban J connectivity index is 2.26. The van der Waals surface area contributed by atoms with E-state index < -0.39 is 5.91 Å². The van der Waals surface area contributed by atoms with E-state index in [4.69, 9.17) is 27.2 Å². The number of ether oxygens (including phenoxy) is 1. The fourth-order valence-corrected chi connectivity index (χ4v) is 2.07. The Kier molecular flexibility index (Phi) is 4.61. The molecule has 3 N–H and O–H groups in total. The van der Waals surface area contributed by atoms with Gasteiger partial charge in [-0.05, 0) is 36.2 Å². The van der Waals surface area contributed by atoms with Crippen LogP contribution in [-0.2, 0) is 6.42 Å². The van der Waals surface area contributed by atoms with Gasteiger partial charge in [0.1, 0.15) is 17.1 Å². The van der Waals surface area contributed by atoms with Gasteiger partial charge in [-0.25, -0.2) is 0 Å². The Morgan fingerprint density at radius 2 is 1.90 bits per heavy atom. The second-order valence-corrected chi connectivity index (χ2v) is 4.60. The summed E-state index contributed by atoms with van der Waals surface area (Å²) in [5, 5.41) is 9.11. The summed E-state index contributed by atoms with van der Waals surface area (Å²) in [5.74, 6) is 0.249. The summed E-state index contributed by atoms with van der Waals surface area (Å²) in [6.07, 6.45) is 0.587. The van der Waals surface area contributed by atoms with E-state index in [2.05, 4.69) is 0 Å². The third-order valence-corrected chi connectivity index (χ3v) is 3.09. The van der Waals surface area contributed by atoms with E-state index in [1.165, 1.54) is 0 Å². The minimum atomic E-state index is -0.637. The van der Waals surface area contributed by atoms with Crippen molar-refractivity contribution in [2.75, 3.05) is 6.61 Å². The Bertz CT molecular complexity index is 611. The molecule has 5 heteroatoms. The van der Waals surface area contributed by atoms with Crippen molar-refractivity contribution in [2.45, 2.75) is 6.42 Å². The predicted molar refractivity (Wildman–Crippen MR) is 77.3 cm³/mol. The zero-order valence-corrected chi connectivity index (χ0v) is 11.4. The van der Waals surface area contributed by atoms with Gasteiger partial charge in [-0.2, -0.15) is 0 Å². The molecule has 104 valence electrons. The molecule has 0 fully saturated rings. The van der Waals surface area contributed by atoms with Crippen molar-refractivity contribution in [3.63, 3.8) is 0 Å². The summed E-state index contributed by atoms with van der Waals surface area (Å²) in [6.45, 7) is 0.0975. The van der Waals surface area contributed by atoms with E-state index in [-0.39, 0.29) is 17.2 Å². The van der Waals surface area contributed by atoms with Gasteiger partial charge < -0.3 is 15.6 Å². The van der Waals surface area contributed by atoms with E-state index in [1.54, 1.807) is 30.3 Å². The average Bonchev–Trinajstić information content (AvgIpc) is 2.41. The van der Waals surface area contributed by atoms with E-state index in [9.17, 15) is 4.79 Å². The molecule has 0 atom stereocenters. The van der Waals surface area contributed by atoms with Crippen LogP contribution in [0.15, 0.2) is 42.5 Å². The number of hydrogen-bond acceptors (Lipinski definition) is 3. The molecule has 0 heterocycles. The molecule has 2 aromatic carbocycles. The van der Waals surface area contributed by atoms with Crippen LogP contribution < -0.4 is 10.5 Å². The summed E-state index contributed by atoms with van der Waals surface area (Å²) in [5.41, 5.74) is 6.46. The smallest absolute Gasteiger partial charge is 0.254 e. The van der Waals surface area contributed by atoms with Gasteiger partial charge in [-0.3, -0.25) is 4.79 Å². The van der Waals surface area contributed by atoms with Crippen LogP contribution in [-0.4, -0.2) is 17.6 Å². The molecule has 4 nitrogen and oxygen atoms in total. The van der Waals surface area contributed by atoms with E-state index >= 15 is 0 Å². The van der Waals surface area contributed by atoms with Crippen LogP contribution in [0.2, 0.25) is 5.02 Å². The number of aliphatic hydroxyl groups is 1. The van der Waals surface area contributed by atoms with E-state index in [1.807, 2.05) is 12.1 Å². The summed E-state index contributed by atoms with van der Waals surface area (Å²) >= 11 is 5.95. The molecule has 0 aromatic heterocycles. The van der Waals surface area contributed by atoms with Crippen molar-refractivity contribution in [1.29, 1.82) is 0 Å². The maximum atomic E-state index is 11.4. The van der Waals surface area contributed by atoms with Crippen molar-refractivity contribution < 1.29 is 14.6 Å². The van der Waals surface area contributed by atoms with Crippen molar-refractivity contribution in [3.8, 4) is 11.5 Å². The van der Waals surface area contributed by atoms with Crippen LogP contribution in [0.4, 0.5) is 0 Å². The van der Waals surface area contributed by atoms with Gasteiger partial charge in [0.2, 0.25) is 0 Å². The molecular formula is C15H14ClNO3. The number of carbonyl (C=O) groups excluding carboxylic acids is 1. The number of primary amides is 1. The molecule has 1 amide bonds. The molecular weight excluding hydrogens is 278 g/mol. The van der Waals surface area contributed by atoms with Crippen LogP contribution in [0, 0.1) is 0 Å². The minimum Gasteiger partial charge on any atom is -0.456 e. The number of aliphatic hydroxyl groups excluding tert-OH is 1. The number of hydrogen-bond donors (Lipinski definition) is 2. The largest absolute Gasteiger partial charge is 0.456 e. The lowest BCUT2D eigenvalue weighted by molar-refractivity contribution is 0.0998. The molecule has 0 radical (unpaired) electrons. The van der Waals surface area contributed by atoms with E-state index in [0.717, 1.165) is 5.56 Å². The van der Waals surface area contributed by atoms with Crippen molar-refractivity contribution in [3.05, 3.63) is 58.6 Å².